The van der Waals surface area contributed by atoms with Gasteiger partial charge in [-0.15, -0.1) is 0 Å². The third-order valence-corrected chi connectivity index (χ3v) is 5.00. The van der Waals surface area contributed by atoms with Crippen LogP contribution in [0.4, 0.5) is 0 Å². The van der Waals surface area contributed by atoms with Crippen molar-refractivity contribution in [2.75, 3.05) is 13.1 Å². The number of piperidine rings is 1. The highest BCUT2D eigenvalue weighted by atomic mass is 16.4. The SMILES string of the molecule is O=C(O)[C@@H](C1C=CC=CC1)N1CCC(O)(c2ccccc2)CC1. The number of hydrogen-bond donors (Lipinski definition) is 2. The van der Waals surface area contributed by atoms with Crippen LogP contribution in [0.3, 0.4) is 0 Å². The van der Waals surface area contributed by atoms with Crippen molar-refractivity contribution >= 4 is 5.97 Å². The van der Waals surface area contributed by atoms with Gasteiger partial charge in [0.15, 0.2) is 0 Å². The molecule has 0 radical (unpaired) electrons. The zero-order chi connectivity index (χ0) is 16.3. The van der Waals surface area contributed by atoms with Gasteiger partial charge < -0.3 is 10.2 Å². The summed E-state index contributed by atoms with van der Waals surface area (Å²) in [4.78, 5) is 13.8. The van der Waals surface area contributed by atoms with Gasteiger partial charge in [0.2, 0.25) is 0 Å². The Morgan fingerprint density at radius 3 is 2.43 bits per heavy atom. The van der Waals surface area contributed by atoms with Crippen molar-refractivity contribution in [3.05, 3.63) is 60.2 Å². The fourth-order valence-corrected chi connectivity index (χ4v) is 3.65. The first-order chi connectivity index (χ1) is 11.1. The number of carbonyl (C=O) groups is 1. The molecule has 4 heteroatoms. The van der Waals surface area contributed by atoms with Crippen molar-refractivity contribution < 1.29 is 15.0 Å². The van der Waals surface area contributed by atoms with E-state index < -0.39 is 17.6 Å². The van der Waals surface area contributed by atoms with Crippen LogP contribution in [0.2, 0.25) is 0 Å². The van der Waals surface area contributed by atoms with Crippen molar-refractivity contribution in [2.45, 2.75) is 30.9 Å². The van der Waals surface area contributed by atoms with Crippen molar-refractivity contribution in [3.63, 3.8) is 0 Å². The molecule has 2 aliphatic rings. The smallest absolute Gasteiger partial charge is 0.321 e. The van der Waals surface area contributed by atoms with Gasteiger partial charge in [0, 0.05) is 19.0 Å². The Morgan fingerprint density at radius 2 is 1.87 bits per heavy atom. The van der Waals surface area contributed by atoms with Crippen molar-refractivity contribution in [1.82, 2.24) is 4.90 Å². The zero-order valence-corrected chi connectivity index (χ0v) is 13.1. The summed E-state index contributed by atoms with van der Waals surface area (Å²) in [5, 5.41) is 20.6. The van der Waals surface area contributed by atoms with Crippen LogP contribution in [0.5, 0.6) is 0 Å². The van der Waals surface area contributed by atoms with E-state index >= 15 is 0 Å². The van der Waals surface area contributed by atoms with Crippen LogP contribution >= 0.6 is 0 Å². The Hall–Kier alpha value is -1.91. The molecular formula is C19H23NO3. The van der Waals surface area contributed by atoms with E-state index in [1.165, 1.54) is 0 Å². The number of nitrogens with zero attached hydrogens (tertiary/aromatic N) is 1. The summed E-state index contributed by atoms with van der Waals surface area (Å²) >= 11 is 0. The number of likely N-dealkylation sites (tertiary alicyclic amines) is 1. The molecule has 2 atom stereocenters. The van der Waals surface area contributed by atoms with E-state index in [0.29, 0.717) is 25.9 Å². The average Bonchev–Trinajstić information content (AvgIpc) is 2.58. The highest BCUT2D eigenvalue weighted by Crippen LogP contribution is 2.34. The van der Waals surface area contributed by atoms with E-state index in [4.69, 9.17) is 0 Å². The molecule has 1 aliphatic heterocycles. The largest absolute Gasteiger partial charge is 0.480 e. The lowest BCUT2D eigenvalue weighted by Crippen LogP contribution is -2.52. The van der Waals surface area contributed by atoms with Crippen LogP contribution in [-0.2, 0) is 10.4 Å². The summed E-state index contributed by atoms with van der Waals surface area (Å²) in [6.45, 7) is 1.19. The van der Waals surface area contributed by atoms with Crippen LogP contribution < -0.4 is 0 Å². The van der Waals surface area contributed by atoms with Crippen molar-refractivity contribution in [1.29, 1.82) is 0 Å². The highest BCUT2D eigenvalue weighted by molar-refractivity contribution is 5.74. The monoisotopic (exact) mass is 313 g/mol. The molecule has 2 N–H and O–H groups in total. The van der Waals surface area contributed by atoms with Gasteiger partial charge in [0.1, 0.15) is 6.04 Å². The number of aliphatic carboxylic acids is 1. The van der Waals surface area contributed by atoms with E-state index in [-0.39, 0.29) is 5.92 Å². The lowest BCUT2D eigenvalue weighted by molar-refractivity contribution is -0.147. The van der Waals surface area contributed by atoms with Gasteiger partial charge in [-0.2, -0.15) is 0 Å². The number of aliphatic hydroxyl groups is 1. The fraction of sp³-hybridized carbons (Fsp3) is 0.421. The Kier molecular flexibility index (Phi) is 4.64. The third kappa shape index (κ3) is 3.38. The normalized spacial score (nSPS) is 25.2. The number of hydrogen-bond acceptors (Lipinski definition) is 3. The van der Waals surface area contributed by atoms with Gasteiger partial charge in [-0.1, -0.05) is 54.6 Å². The Balaban J connectivity index is 1.70. The first kappa shape index (κ1) is 16.0. The lowest BCUT2D eigenvalue weighted by Gasteiger charge is -2.42. The molecule has 1 aromatic carbocycles. The maximum Gasteiger partial charge on any atom is 0.321 e. The topological polar surface area (TPSA) is 60.8 Å². The lowest BCUT2D eigenvalue weighted by atomic mass is 9.82. The highest BCUT2D eigenvalue weighted by Gasteiger charge is 2.39. The molecule has 1 aliphatic carbocycles. The predicted molar refractivity (Wildman–Crippen MR) is 89.0 cm³/mol. The summed E-state index contributed by atoms with van der Waals surface area (Å²) < 4.78 is 0. The maximum atomic E-state index is 11.8. The van der Waals surface area contributed by atoms with Crippen LogP contribution in [0.15, 0.2) is 54.6 Å². The molecule has 1 heterocycles. The van der Waals surface area contributed by atoms with Crippen LogP contribution in [0, 0.1) is 5.92 Å². The second-order valence-corrected chi connectivity index (χ2v) is 6.43. The number of carboxylic acid groups (broad SMARTS) is 1. The van der Waals surface area contributed by atoms with E-state index in [0.717, 1.165) is 12.0 Å². The quantitative estimate of drug-likeness (QED) is 0.897. The second-order valence-electron chi connectivity index (χ2n) is 6.43. The van der Waals surface area contributed by atoms with E-state index in [9.17, 15) is 15.0 Å². The summed E-state index contributed by atoms with van der Waals surface area (Å²) in [7, 11) is 0. The number of allylic oxidation sites excluding steroid dienone is 3. The molecule has 0 aromatic heterocycles. The third-order valence-electron chi connectivity index (χ3n) is 5.00. The molecule has 3 rings (SSSR count). The van der Waals surface area contributed by atoms with Crippen molar-refractivity contribution in [3.8, 4) is 0 Å². The molecule has 1 unspecified atom stereocenters. The van der Waals surface area contributed by atoms with E-state index in [1.807, 2.05) is 59.5 Å². The summed E-state index contributed by atoms with van der Waals surface area (Å²) in [6.07, 6.45) is 9.77. The summed E-state index contributed by atoms with van der Waals surface area (Å²) in [5.74, 6) is -0.777. The van der Waals surface area contributed by atoms with E-state index in [2.05, 4.69) is 0 Å². The molecular weight excluding hydrogens is 290 g/mol. The molecule has 1 fully saturated rings. The molecule has 4 nitrogen and oxygen atoms in total. The Labute approximate surface area is 136 Å². The van der Waals surface area contributed by atoms with Crippen LogP contribution in [-0.4, -0.2) is 40.2 Å². The first-order valence-corrected chi connectivity index (χ1v) is 8.18. The van der Waals surface area contributed by atoms with Gasteiger partial charge >= 0.3 is 5.97 Å². The minimum atomic E-state index is -0.844. The van der Waals surface area contributed by atoms with Gasteiger partial charge in [-0.05, 0) is 24.8 Å². The van der Waals surface area contributed by atoms with Gasteiger partial charge in [0.25, 0.3) is 0 Å². The van der Waals surface area contributed by atoms with Crippen molar-refractivity contribution in [2.24, 2.45) is 5.92 Å². The molecule has 0 bridgehead atoms. The molecule has 1 saturated heterocycles. The van der Waals surface area contributed by atoms with Crippen LogP contribution in [0.25, 0.3) is 0 Å². The van der Waals surface area contributed by atoms with Crippen LogP contribution in [0.1, 0.15) is 24.8 Å². The Morgan fingerprint density at radius 1 is 1.17 bits per heavy atom. The van der Waals surface area contributed by atoms with Gasteiger partial charge in [-0.3, -0.25) is 9.69 Å². The average molecular weight is 313 g/mol. The number of benzene rings is 1. The second kappa shape index (κ2) is 6.69. The molecule has 122 valence electrons. The Bertz CT molecular complexity index is 600. The molecule has 1 aromatic rings. The molecule has 23 heavy (non-hydrogen) atoms. The first-order valence-electron chi connectivity index (χ1n) is 8.18. The summed E-state index contributed by atoms with van der Waals surface area (Å²) in [5.41, 5.74) is 0.0790. The minimum absolute atomic E-state index is 0.000387. The molecule has 0 amide bonds. The predicted octanol–water partition coefficient (Wildman–Crippen LogP) is 2.56. The molecule has 0 saturated carbocycles. The standard InChI is InChI=1S/C19H23NO3/c21-18(22)17(15-7-3-1-4-8-15)20-13-11-19(23,12-14-20)16-9-5-2-6-10-16/h1-7,9-10,15,17,23H,8,11-14H2,(H,21,22)/t15?,17-/m1/s1. The maximum absolute atomic E-state index is 11.8. The number of carboxylic acids is 1. The van der Waals surface area contributed by atoms with Gasteiger partial charge in [-0.25, -0.2) is 0 Å². The summed E-state index contributed by atoms with van der Waals surface area (Å²) in [6, 6.07) is 9.16. The molecule has 0 spiro atoms. The van der Waals surface area contributed by atoms with Gasteiger partial charge in [0.05, 0.1) is 5.60 Å². The fourth-order valence-electron chi connectivity index (χ4n) is 3.65. The van der Waals surface area contributed by atoms with E-state index in [1.54, 1.807) is 0 Å². The number of rotatable bonds is 4. The zero-order valence-electron chi connectivity index (χ0n) is 13.1. The minimum Gasteiger partial charge on any atom is -0.480 e.